The van der Waals surface area contributed by atoms with Gasteiger partial charge in [-0.15, -0.1) is 0 Å². The van der Waals surface area contributed by atoms with Crippen LogP contribution in [0.25, 0.3) is 0 Å². The minimum absolute atomic E-state index is 0.752. The standard InChI is InChI=1S/C11H23N3/c1-14-6-4-11(9-14)13-8-10-3-2-5-12-7-10/h10-13H,2-9H2,1H3. The highest BCUT2D eigenvalue weighted by Crippen LogP contribution is 2.11. The van der Waals surface area contributed by atoms with Crippen molar-refractivity contribution in [1.29, 1.82) is 0 Å². The van der Waals surface area contributed by atoms with E-state index in [2.05, 4.69) is 22.6 Å². The molecule has 0 aromatic heterocycles. The Morgan fingerprint density at radius 3 is 3.00 bits per heavy atom. The fourth-order valence-corrected chi connectivity index (χ4v) is 2.53. The van der Waals surface area contributed by atoms with Crippen LogP contribution in [0.15, 0.2) is 0 Å². The molecule has 0 amide bonds. The third-order valence-corrected chi connectivity index (χ3v) is 3.49. The highest BCUT2D eigenvalue weighted by molar-refractivity contribution is 4.81. The van der Waals surface area contributed by atoms with Crippen molar-refractivity contribution in [2.24, 2.45) is 5.92 Å². The van der Waals surface area contributed by atoms with E-state index in [4.69, 9.17) is 0 Å². The van der Waals surface area contributed by atoms with Crippen LogP contribution >= 0.6 is 0 Å². The molecule has 2 fully saturated rings. The van der Waals surface area contributed by atoms with E-state index in [0.717, 1.165) is 12.0 Å². The maximum absolute atomic E-state index is 3.70. The number of hydrogen-bond acceptors (Lipinski definition) is 3. The van der Waals surface area contributed by atoms with E-state index in [-0.39, 0.29) is 0 Å². The van der Waals surface area contributed by atoms with Gasteiger partial charge in [-0.25, -0.2) is 0 Å². The molecule has 82 valence electrons. The van der Waals surface area contributed by atoms with Crippen LogP contribution in [0, 0.1) is 5.92 Å². The van der Waals surface area contributed by atoms with E-state index in [0.29, 0.717) is 0 Å². The summed E-state index contributed by atoms with van der Waals surface area (Å²) in [7, 11) is 2.21. The van der Waals surface area contributed by atoms with E-state index in [1.165, 1.54) is 52.0 Å². The number of nitrogens with one attached hydrogen (secondary N) is 2. The Hall–Kier alpha value is -0.120. The zero-order valence-corrected chi connectivity index (χ0v) is 9.26. The fraction of sp³-hybridized carbons (Fsp3) is 1.00. The van der Waals surface area contributed by atoms with Crippen molar-refractivity contribution in [3.05, 3.63) is 0 Å². The van der Waals surface area contributed by atoms with Crippen LogP contribution in [-0.2, 0) is 0 Å². The number of likely N-dealkylation sites (tertiary alicyclic amines) is 1. The molecule has 2 heterocycles. The van der Waals surface area contributed by atoms with Crippen molar-refractivity contribution in [2.45, 2.75) is 25.3 Å². The summed E-state index contributed by atoms with van der Waals surface area (Å²) in [6.07, 6.45) is 4.09. The van der Waals surface area contributed by atoms with Gasteiger partial charge in [-0.3, -0.25) is 0 Å². The maximum Gasteiger partial charge on any atom is 0.0207 e. The lowest BCUT2D eigenvalue weighted by Crippen LogP contribution is -2.40. The van der Waals surface area contributed by atoms with E-state index in [9.17, 15) is 0 Å². The molecule has 2 saturated heterocycles. The summed E-state index contributed by atoms with van der Waals surface area (Å²) in [5, 5.41) is 7.17. The second kappa shape index (κ2) is 5.10. The van der Waals surface area contributed by atoms with E-state index in [1.54, 1.807) is 0 Å². The Morgan fingerprint density at radius 1 is 1.43 bits per heavy atom. The van der Waals surface area contributed by atoms with Crippen LogP contribution in [0.2, 0.25) is 0 Å². The van der Waals surface area contributed by atoms with Crippen molar-refractivity contribution < 1.29 is 0 Å². The number of likely N-dealkylation sites (N-methyl/N-ethyl adjacent to an activating group) is 1. The number of rotatable bonds is 3. The molecule has 0 aromatic rings. The van der Waals surface area contributed by atoms with Crippen LogP contribution in [0.5, 0.6) is 0 Å². The second-order valence-corrected chi connectivity index (χ2v) is 4.87. The SMILES string of the molecule is CN1CCC(NCC2CCCNC2)C1. The van der Waals surface area contributed by atoms with E-state index >= 15 is 0 Å². The zero-order chi connectivity index (χ0) is 9.80. The van der Waals surface area contributed by atoms with Crippen LogP contribution in [-0.4, -0.2) is 50.7 Å². The summed E-state index contributed by atoms with van der Waals surface area (Å²) in [5.41, 5.74) is 0. The lowest BCUT2D eigenvalue weighted by Gasteiger charge is -2.24. The first kappa shape index (κ1) is 10.4. The van der Waals surface area contributed by atoms with Gasteiger partial charge in [0.2, 0.25) is 0 Å². The zero-order valence-electron chi connectivity index (χ0n) is 9.26. The third kappa shape index (κ3) is 2.94. The molecule has 2 N–H and O–H groups in total. The Balaban J connectivity index is 1.61. The van der Waals surface area contributed by atoms with Crippen molar-refractivity contribution >= 4 is 0 Å². The highest BCUT2D eigenvalue weighted by Gasteiger charge is 2.20. The monoisotopic (exact) mass is 197 g/mol. The van der Waals surface area contributed by atoms with Crippen molar-refractivity contribution in [3.63, 3.8) is 0 Å². The summed E-state index contributed by atoms with van der Waals surface area (Å²) in [6, 6.07) is 0.752. The minimum atomic E-state index is 0.752. The van der Waals surface area contributed by atoms with Gasteiger partial charge in [0.05, 0.1) is 0 Å². The molecule has 2 aliphatic heterocycles. The van der Waals surface area contributed by atoms with Crippen LogP contribution in [0.4, 0.5) is 0 Å². The average Bonchev–Trinajstić information content (AvgIpc) is 2.63. The Kier molecular flexibility index (Phi) is 3.79. The summed E-state index contributed by atoms with van der Waals surface area (Å²) in [5.74, 6) is 0.870. The molecule has 3 nitrogen and oxygen atoms in total. The molecular formula is C11H23N3. The molecule has 0 radical (unpaired) electrons. The van der Waals surface area contributed by atoms with E-state index < -0.39 is 0 Å². The molecule has 2 rings (SSSR count). The normalized spacial score (nSPS) is 34.9. The Bertz CT molecular complexity index is 161. The Morgan fingerprint density at radius 2 is 2.36 bits per heavy atom. The second-order valence-electron chi connectivity index (χ2n) is 4.87. The van der Waals surface area contributed by atoms with Gasteiger partial charge in [0, 0.05) is 12.6 Å². The van der Waals surface area contributed by atoms with Gasteiger partial charge < -0.3 is 15.5 Å². The minimum Gasteiger partial charge on any atom is -0.316 e. The number of piperidine rings is 1. The summed E-state index contributed by atoms with van der Waals surface area (Å²) in [4.78, 5) is 2.41. The molecule has 0 saturated carbocycles. The van der Waals surface area contributed by atoms with Crippen LogP contribution < -0.4 is 10.6 Å². The van der Waals surface area contributed by atoms with Gasteiger partial charge in [-0.05, 0) is 58.4 Å². The Labute approximate surface area is 87.2 Å². The molecule has 0 aromatic carbocycles. The summed E-state index contributed by atoms with van der Waals surface area (Å²) in [6.45, 7) is 6.16. The first-order chi connectivity index (χ1) is 6.84. The highest BCUT2D eigenvalue weighted by atomic mass is 15.2. The van der Waals surface area contributed by atoms with Gasteiger partial charge in [0.15, 0.2) is 0 Å². The van der Waals surface area contributed by atoms with Gasteiger partial charge >= 0.3 is 0 Å². The first-order valence-electron chi connectivity index (χ1n) is 5.97. The molecule has 0 bridgehead atoms. The molecule has 2 aliphatic rings. The van der Waals surface area contributed by atoms with Crippen molar-refractivity contribution in [3.8, 4) is 0 Å². The summed E-state index contributed by atoms with van der Waals surface area (Å²) >= 11 is 0. The van der Waals surface area contributed by atoms with Gasteiger partial charge in [-0.2, -0.15) is 0 Å². The predicted octanol–water partition coefficient (Wildman–Crippen LogP) is 0.280. The van der Waals surface area contributed by atoms with E-state index in [1.807, 2.05) is 0 Å². The molecule has 2 atom stereocenters. The van der Waals surface area contributed by atoms with Crippen LogP contribution in [0.3, 0.4) is 0 Å². The lowest BCUT2D eigenvalue weighted by atomic mass is 9.99. The van der Waals surface area contributed by atoms with Gasteiger partial charge in [-0.1, -0.05) is 0 Å². The predicted molar refractivity (Wildman–Crippen MR) is 59.5 cm³/mol. The molecule has 14 heavy (non-hydrogen) atoms. The molecule has 2 unspecified atom stereocenters. The average molecular weight is 197 g/mol. The van der Waals surface area contributed by atoms with Gasteiger partial charge in [0.1, 0.15) is 0 Å². The lowest BCUT2D eigenvalue weighted by molar-refractivity contribution is 0.337. The fourth-order valence-electron chi connectivity index (χ4n) is 2.53. The van der Waals surface area contributed by atoms with Crippen molar-refractivity contribution in [2.75, 3.05) is 39.8 Å². The largest absolute Gasteiger partial charge is 0.316 e. The topological polar surface area (TPSA) is 27.3 Å². The third-order valence-electron chi connectivity index (χ3n) is 3.49. The quantitative estimate of drug-likeness (QED) is 0.680. The molecule has 0 aliphatic carbocycles. The van der Waals surface area contributed by atoms with Crippen molar-refractivity contribution in [1.82, 2.24) is 15.5 Å². The first-order valence-corrected chi connectivity index (χ1v) is 5.97. The molecule has 0 spiro atoms. The van der Waals surface area contributed by atoms with Crippen LogP contribution in [0.1, 0.15) is 19.3 Å². The maximum atomic E-state index is 3.70. The smallest absolute Gasteiger partial charge is 0.0207 e. The molecule has 3 heteroatoms. The molecular weight excluding hydrogens is 174 g/mol. The summed E-state index contributed by atoms with van der Waals surface area (Å²) < 4.78 is 0. The van der Waals surface area contributed by atoms with Gasteiger partial charge in [0.25, 0.3) is 0 Å². The number of hydrogen-bond donors (Lipinski definition) is 2. The number of nitrogens with zero attached hydrogens (tertiary/aromatic N) is 1.